The third-order valence-electron chi connectivity index (χ3n) is 6.03. The van der Waals surface area contributed by atoms with Crippen LogP contribution in [-0.2, 0) is 16.1 Å². The first-order chi connectivity index (χ1) is 15.0. The van der Waals surface area contributed by atoms with Crippen molar-refractivity contribution in [3.63, 3.8) is 0 Å². The molecule has 1 aliphatic heterocycles. The van der Waals surface area contributed by atoms with Gasteiger partial charge in [0, 0.05) is 17.8 Å². The van der Waals surface area contributed by atoms with Crippen molar-refractivity contribution in [2.75, 3.05) is 51.7 Å². The Balaban J connectivity index is 1.38. The summed E-state index contributed by atoms with van der Waals surface area (Å²) in [5, 5.41) is 6.03. The number of hydrogen-bond donors (Lipinski definition) is 4. The Labute approximate surface area is 184 Å². The fourth-order valence-electron chi connectivity index (χ4n) is 3.95. The molecule has 0 aromatic heterocycles. The number of benzene rings is 2. The number of rotatable bonds is 8. The number of quaternary nitrogens is 2. The number of carbonyl (C=O) groups excluding carboxylic acids is 2. The summed E-state index contributed by atoms with van der Waals surface area (Å²) in [7, 11) is 1.63. The van der Waals surface area contributed by atoms with Gasteiger partial charge in [0.25, 0.3) is 11.8 Å². The number of methoxy groups -OCH3 is 1. The first kappa shape index (κ1) is 22.8. The molecule has 0 spiro atoms. The largest absolute Gasteiger partial charge is 0.496 e. The second-order valence-electron chi connectivity index (χ2n) is 8.24. The first-order valence-corrected chi connectivity index (χ1v) is 10.9. The van der Waals surface area contributed by atoms with Crippen molar-refractivity contribution in [2.24, 2.45) is 0 Å². The van der Waals surface area contributed by atoms with Crippen LogP contribution in [0, 0.1) is 13.8 Å². The van der Waals surface area contributed by atoms with Gasteiger partial charge in [-0.25, -0.2) is 0 Å². The van der Waals surface area contributed by atoms with Crippen LogP contribution in [-0.4, -0.2) is 58.2 Å². The molecule has 3 rings (SSSR count). The fraction of sp³-hybridized carbons (Fsp3) is 0.417. The van der Waals surface area contributed by atoms with E-state index in [1.165, 1.54) is 15.4 Å². The SMILES string of the molecule is COc1ccccc1CNC(=O)C[NH+]1CC[NH+](CC(=O)Nc2cccc(C)c2C)CC1. The lowest BCUT2D eigenvalue weighted by Crippen LogP contribution is -3.28. The summed E-state index contributed by atoms with van der Waals surface area (Å²) in [5.41, 5.74) is 4.14. The highest BCUT2D eigenvalue weighted by Gasteiger charge is 2.26. The molecule has 2 aromatic carbocycles. The zero-order chi connectivity index (χ0) is 22.2. The van der Waals surface area contributed by atoms with Gasteiger partial charge in [-0.15, -0.1) is 0 Å². The predicted octanol–water partition coefficient (Wildman–Crippen LogP) is -0.650. The Hall–Kier alpha value is -2.90. The fourth-order valence-corrected chi connectivity index (χ4v) is 3.95. The number of ether oxygens (including phenoxy) is 1. The van der Waals surface area contributed by atoms with Gasteiger partial charge in [0.05, 0.1) is 7.11 Å². The van der Waals surface area contributed by atoms with E-state index in [0.29, 0.717) is 19.6 Å². The second kappa shape index (κ2) is 10.9. The molecular formula is C24H34N4O3+2. The molecule has 1 fully saturated rings. The van der Waals surface area contributed by atoms with E-state index in [-0.39, 0.29) is 11.8 Å². The molecule has 0 unspecified atom stereocenters. The molecule has 1 aliphatic rings. The van der Waals surface area contributed by atoms with Crippen molar-refractivity contribution in [1.29, 1.82) is 0 Å². The number of amides is 2. The minimum Gasteiger partial charge on any atom is -0.496 e. The standard InChI is InChI=1S/C24H32N4O3/c1-18-7-6-9-21(19(18)2)26-24(30)17-28-13-11-27(12-14-28)16-23(29)25-15-20-8-4-5-10-22(20)31-3/h4-10H,11-17H2,1-3H3,(H,25,29)(H,26,30)/p+2. The van der Waals surface area contributed by atoms with Crippen LogP contribution >= 0.6 is 0 Å². The van der Waals surface area contributed by atoms with Crippen LogP contribution in [0.25, 0.3) is 0 Å². The van der Waals surface area contributed by atoms with Crippen LogP contribution in [0.2, 0.25) is 0 Å². The summed E-state index contributed by atoms with van der Waals surface area (Å²) in [6.45, 7) is 8.99. The van der Waals surface area contributed by atoms with Crippen molar-refractivity contribution in [3.8, 4) is 5.75 Å². The van der Waals surface area contributed by atoms with Crippen LogP contribution in [0.5, 0.6) is 5.75 Å². The van der Waals surface area contributed by atoms with Crippen molar-refractivity contribution in [2.45, 2.75) is 20.4 Å². The third-order valence-corrected chi connectivity index (χ3v) is 6.03. The molecule has 7 nitrogen and oxygen atoms in total. The molecule has 0 radical (unpaired) electrons. The molecule has 31 heavy (non-hydrogen) atoms. The molecule has 0 atom stereocenters. The number of carbonyl (C=O) groups is 2. The lowest BCUT2D eigenvalue weighted by molar-refractivity contribution is -1.00. The number of piperazine rings is 1. The summed E-state index contributed by atoms with van der Waals surface area (Å²) in [5.74, 6) is 0.866. The van der Waals surface area contributed by atoms with Crippen LogP contribution < -0.4 is 25.2 Å². The average molecular weight is 427 g/mol. The Kier molecular flexibility index (Phi) is 8.03. The first-order valence-electron chi connectivity index (χ1n) is 10.9. The average Bonchev–Trinajstić information content (AvgIpc) is 2.77. The Bertz CT molecular complexity index is 907. The molecule has 1 saturated heterocycles. The molecule has 7 heteroatoms. The summed E-state index contributed by atoms with van der Waals surface area (Å²) in [6, 6.07) is 13.7. The van der Waals surface area contributed by atoms with Crippen LogP contribution in [0.4, 0.5) is 5.69 Å². The maximum atomic E-state index is 12.5. The van der Waals surface area contributed by atoms with Crippen molar-refractivity contribution >= 4 is 17.5 Å². The van der Waals surface area contributed by atoms with Gasteiger partial charge in [-0.05, 0) is 37.1 Å². The summed E-state index contributed by atoms with van der Waals surface area (Å²) in [6.07, 6.45) is 0. The van der Waals surface area contributed by atoms with Gasteiger partial charge >= 0.3 is 0 Å². The van der Waals surface area contributed by atoms with E-state index in [2.05, 4.69) is 10.6 Å². The van der Waals surface area contributed by atoms with Gasteiger partial charge in [0.2, 0.25) is 0 Å². The number of para-hydroxylation sites is 1. The van der Waals surface area contributed by atoms with Crippen molar-refractivity contribution < 1.29 is 24.1 Å². The van der Waals surface area contributed by atoms with E-state index in [4.69, 9.17) is 4.74 Å². The van der Waals surface area contributed by atoms with E-state index >= 15 is 0 Å². The van der Waals surface area contributed by atoms with Gasteiger partial charge in [-0.3, -0.25) is 9.59 Å². The zero-order valence-electron chi connectivity index (χ0n) is 18.7. The topological polar surface area (TPSA) is 76.3 Å². The highest BCUT2D eigenvalue weighted by molar-refractivity contribution is 5.92. The number of anilines is 1. The Morgan fingerprint density at radius 3 is 2.23 bits per heavy atom. The molecule has 0 bridgehead atoms. The molecule has 166 valence electrons. The van der Waals surface area contributed by atoms with E-state index in [0.717, 1.165) is 48.7 Å². The van der Waals surface area contributed by atoms with Gasteiger partial charge in [-0.1, -0.05) is 30.3 Å². The number of aryl methyl sites for hydroxylation is 1. The number of nitrogens with one attached hydrogen (secondary N) is 4. The van der Waals surface area contributed by atoms with E-state index in [9.17, 15) is 9.59 Å². The summed E-state index contributed by atoms with van der Waals surface area (Å²) >= 11 is 0. The molecule has 2 amide bonds. The van der Waals surface area contributed by atoms with Gasteiger partial charge < -0.3 is 25.2 Å². The summed E-state index contributed by atoms with van der Waals surface area (Å²) in [4.78, 5) is 27.4. The highest BCUT2D eigenvalue weighted by Crippen LogP contribution is 2.17. The number of hydrogen-bond acceptors (Lipinski definition) is 3. The maximum Gasteiger partial charge on any atom is 0.279 e. The van der Waals surface area contributed by atoms with Crippen LogP contribution in [0.15, 0.2) is 42.5 Å². The molecular weight excluding hydrogens is 392 g/mol. The predicted molar refractivity (Wildman–Crippen MR) is 121 cm³/mol. The second-order valence-corrected chi connectivity index (χ2v) is 8.24. The van der Waals surface area contributed by atoms with Gasteiger partial charge in [0.15, 0.2) is 13.1 Å². The van der Waals surface area contributed by atoms with E-state index in [1.807, 2.05) is 56.3 Å². The summed E-state index contributed by atoms with van der Waals surface area (Å²) < 4.78 is 5.33. The van der Waals surface area contributed by atoms with Crippen molar-refractivity contribution in [3.05, 3.63) is 59.2 Å². The Morgan fingerprint density at radius 1 is 0.903 bits per heavy atom. The molecule has 4 N–H and O–H groups in total. The highest BCUT2D eigenvalue weighted by atomic mass is 16.5. The smallest absolute Gasteiger partial charge is 0.279 e. The third kappa shape index (κ3) is 6.54. The molecule has 0 aliphatic carbocycles. The Morgan fingerprint density at radius 2 is 1.55 bits per heavy atom. The lowest BCUT2D eigenvalue weighted by atomic mass is 10.1. The maximum absolute atomic E-state index is 12.5. The zero-order valence-corrected chi connectivity index (χ0v) is 18.7. The molecule has 1 heterocycles. The minimum absolute atomic E-state index is 0.0389. The molecule has 0 saturated carbocycles. The van der Waals surface area contributed by atoms with Crippen LogP contribution in [0.3, 0.4) is 0 Å². The quantitative estimate of drug-likeness (QED) is 0.453. The molecule has 2 aromatic rings. The van der Waals surface area contributed by atoms with Crippen molar-refractivity contribution in [1.82, 2.24) is 5.32 Å². The lowest BCUT2D eigenvalue weighted by Gasteiger charge is -2.29. The normalized spacial score (nSPS) is 18.3. The van der Waals surface area contributed by atoms with Gasteiger partial charge in [-0.2, -0.15) is 0 Å². The van der Waals surface area contributed by atoms with E-state index < -0.39 is 0 Å². The van der Waals surface area contributed by atoms with E-state index in [1.54, 1.807) is 7.11 Å². The monoisotopic (exact) mass is 426 g/mol. The minimum atomic E-state index is 0.0389. The van der Waals surface area contributed by atoms with Crippen LogP contribution in [0.1, 0.15) is 16.7 Å². The van der Waals surface area contributed by atoms with Gasteiger partial charge in [0.1, 0.15) is 31.9 Å².